The first-order valence-corrected chi connectivity index (χ1v) is 9.73. The number of hydrogen-bond donors (Lipinski definition) is 0. The van der Waals surface area contributed by atoms with E-state index in [4.69, 9.17) is 0 Å². The Balaban J connectivity index is 0.000000204. The molecule has 4 aromatic carbocycles. The first-order valence-electron chi connectivity index (χ1n) is 9.02. The number of hydrogen-bond acceptors (Lipinski definition) is 0. The van der Waals surface area contributed by atoms with Crippen LogP contribution in [0.25, 0.3) is 21.5 Å². The summed E-state index contributed by atoms with van der Waals surface area (Å²) < 4.78 is 0. The molecule has 0 saturated heterocycles. The van der Waals surface area contributed by atoms with Gasteiger partial charge in [0.2, 0.25) is 0 Å². The fraction of sp³-hybridized carbons (Fsp3) is 0.250. The van der Waals surface area contributed by atoms with E-state index < -0.39 is 0 Å². The molecule has 0 aliphatic heterocycles. The number of benzene rings is 2. The largest absolute Gasteiger partial charge is 2.00 e. The molecule has 3 radical (unpaired) electrons. The fourth-order valence-corrected chi connectivity index (χ4v) is 3.14. The van der Waals surface area contributed by atoms with E-state index >= 15 is 0 Å². The van der Waals surface area contributed by atoms with Crippen molar-refractivity contribution in [2.24, 2.45) is 0 Å². The molecule has 0 bridgehead atoms. The first-order chi connectivity index (χ1) is 12.1. The van der Waals surface area contributed by atoms with Gasteiger partial charge in [-0.25, -0.2) is 0 Å². The van der Waals surface area contributed by atoms with Crippen molar-refractivity contribution in [1.82, 2.24) is 0 Å². The third-order valence-electron chi connectivity index (χ3n) is 4.06. The molecule has 0 nitrogen and oxygen atoms in total. The van der Waals surface area contributed by atoms with Crippen LogP contribution in [0.15, 0.2) is 72.8 Å². The van der Waals surface area contributed by atoms with Gasteiger partial charge in [-0.05, 0) is 0 Å². The van der Waals surface area contributed by atoms with E-state index in [1.54, 1.807) is 0 Å². The summed E-state index contributed by atoms with van der Waals surface area (Å²) in [6.45, 7) is 6.43. The molecule has 0 N–H and O–H groups in total. The monoisotopic (exact) mass is 433 g/mol. The Morgan fingerprint density at radius 3 is 1.50 bits per heavy atom. The van der Waals surface area contributed by atoms with Crippen LogP contribution in [0.2, 0.25) is 6.04 Å². The molecule has 0 aliphatic rings. The van der Waals surface area contributed by atoms with Crippen molar-refractivity contribution in [3.8, 4) is 0 Å². The Morgan fingerprint density at radius 1 is 0.769 bits per heavy atom. The van der Waals surface area contributed by atoms with Crippen molar-refractivity contribution in [3.05, 3.63) is 83.9 Å². The molecule has 2 heteroatoms. The van der Waals surface area contributed by atoms with E-state index in [1.165, 1.54) is 45.5 Å². The average molecular weight is 435 g/mol. The van der Waals surface area contributed by atoms with Gasteiger partial charge in [0.05, 0.1) is 0 Å². The van der Waals surface area contributed by atoms with Gasteiger partial charge < -0.3 is 0 Å². The van der Waals surface area contributed by atoms with Gasteiger partial charge in [-0.2, -0.15) is 12.1 Å². The molecule has 0 amide bonds. The number of aryl methyl sites for hydroxylation is 2. The van der Waals surface area contributed by atoms with Gasteiger partial charge in [0.15, 0.2) is 0 Å². The van der Waals surface area contributed by atoms with Gasteiger partial charge in [-0.15, -0.1) is 81.2 Å². The van der Waals surface area contributed by atoms with Crippen molar-refractivity contribution in [1.29, 1.82) is 0 Å². The quantitative estimate of drug-likeness (QED) is 0.233. The molecule has 0 aliphatic carbocycles. The second-order valence-electron chi connectivity index (χ2n) is 6.43. The van der Waals surface area contributed by atoms with Crippen LogP contribution < -0.4 is 0 Å². The summed E-state index contributed by atoms with van der Waals surface area (Å²) in [6, 6.07) is 26.8. The van der Waals surface area contributed by atoms with Crippen LogP contribution in [0.5, 0.6) is 0 Å². The van der Waals surface area contributed by atoms with Crippen molar-refractivity contribution < 1.29 is 26.2 Å². The second-order valence-corrected chi connectivity index (χ2v) is 6.93. The Morgan fingerprint density at radius 2 is 1.19 bits per heavy atom. The van der Waals surface area contributed by atoms with Gasteiger partial charge in [0, 0.05) is 10.2 Å². The molecule has 0 saturated carbocycles. The molecule has 4 rings (SSSR count). The third-order valence-corrected chi connectivity index (χ3v) is 4.41. The molecular formula is C24H27SiZr. The summed E-state index contributed by atoms with van der Waals surface area (Å²) >= 11 is 0. The van der Waals surface area contributed by atoms with E-state index in [1.807, 2.05) is 0 Å². The maximum atomic E-state index is 3.35. The summed E-state index contributed by atoms with van der Waals surface area (Å²) in [6.07, 6.45) is 2.60. The third kappa shape index (κ3) is 7.17. The minimum absolute atomic E-state index is 0. The summed E-state index contributed by atoms with van der Waals surface area (Å²) in [5, 5.41) is 5.39. The summed E-state index contributed by atoms with van der Waals surface area (Å²) in [7, 11) is 3.35. The molecular weight excluding hydrogens is 408 g/mol. The fourth-order valence-electron chi connectivity index (χ4n) is 2.79. The molecule has 0 unspecified atom stereocenters. The van der Waals surface area contributed by atoms with Crippen molar-refractivity contribution in [2.45, 2.75) is 39.7 Å². The van der Waals surface area contributed by atoms with Crippen LogP contribution in [0, 0.1) is 13.8 Å². The van der Waals surface area contributed by atoms with Crippen LogP contribution in [-0.4, -0.2) is 10.2 Å². The average Bonchev–Trinajstić information content (AvgIpc) is 3.17. The molecule has 26 heavy (non-hydrogen) atoms. The predicted octanol–water partition coefficient (Wildman–Crippen LogP) is 7.11. The zero-order valence-corrected chi connectivity index (χ0v) is 19.5. The Labute approximate surface area is 180 Å². The van der Waals surface area contributed by atoms with E-state index in [0.29, 0.717) is 0 Å². The van der Waals surface area contributed by atoms with Gasteiger partial charge >= 0.3 is 26.2 Å². The molecule has 0 fully saturated rings. The Kier molecular flexibility index (Phi) is 10.7. The molecule has 131 valence electrons. The molecule has 0 heterocycles. The minimum Gasteiger partial charge on any atom is -0.165 e. The summed E-state index contributed by atoms with van der Waals surface area (Å²) in [5.41, 5.74) is 2.70. The van der Waals surface area contributed by atoms with Gasteiger partial charge in [-0.1, -0.05) is 51.8 Å². The van der Waals surface area contributed by atoms with E-state index in [0.717, 1.165) is 6.04 Å². The van der Waals surface area contributed by atoms with Crippen molar-refractivity contribution in [2.75, 3.05) is 0 Å². The van der Waals surface area contributed by atoms with Crippen molar-refractivity contribution >= 4 is 31.8 Å². The Hall–Kier alpha value is -1.24. The number of unbranched alkanes of at least 4 members (excludes halogenated alkanes) is 1. The SMILES string of the molecule is CCCC[Si].Cc1cc2ccccc2[cH-]1.Cc1cc2ccccc2[cH-]1.[Zr+2]. The van der Waals surface area contributed by atoms with Crippen LogP contribution in [0.3, 0.4) is 0 Å². The van der Waals surface area contributed by atoms with Crippen LogP contribution >= 0.6 is 0 Å². The van der Waals surface area contributed by atoms with Gasteiger partial charge in [-0.3, -0.25) is 0 Å². The minimum atomic E-state index is 0. The van der Waals surface area contributed by atoms with E-state index in [-0.39, 0.29) is 26.2 Å². The maximum Gasteiger partial charge on any atom is 2.00 e. The predicted molar refractivity (Wildman–Crippen MR) is 114 cm³/mol. The van der Waals surface area contributed by atoms with E-state index in [2.05, 4.69) is 104 Å². The molecule has 0 spiro atoms. The zero-order valence-electron chi connectivity index (χ0n) is 16.0. The number of rotatable bonds is 2. The molecule has 4 aromatic rings. The standard InChI is InChI=1S/2C10H9.C4H9Si.Zr/c2*1-8-6-9-4-2-3-5-10(9)7-8;1-2-3-4-5;/h2*2-7H,1H3;2-4H2,1H3;/q2*-1;;+2. The summed E-state index contributed by atoms with van der Waals surface area (Å²) in [5.74, 6) is 0. The van der Waals surface area contributed by atoms with Crippen LogP contribution in [0.4, 0.5) is 0 Å². The summed E-state index contributed by atoms with van der Waals surface area (Å²) in [4.78, 5) is 0. The first kappa shape index (κ1) is 22.8. The maximum absolute atomic E-state index is 3.35. The topological polar surface area (TPSA) is 0 Å². The normalized spacial score (nSPS) is 9.69. The van der Waals surface area contributed by atoms with Crippen LogP contribution in [0.1, 0.15) is 30.9 Å². The van der Waals surface area contributed by atoms with Crippen LogP contribution in [-0.2, 0) is 26.2 Å². The van der Waals surface area contributed by atoms with E-state index in [9.17, 15) is 0 Å². The van der Waals surface area contributed by atoms with Gasteiger partial charge in [0.1, 0.15) is 0 Å². The van der Waals surface area contributed by atoms with Gasteiger partial charge in [0.25, 0.3) is 0 Å². The number of fused-ring (bicyclic) bond motifs is 2. The zero-order chi connectivity index (χ0) is 18.1. The van der Waals surface area contributed by atoms with Crippen molar-refractivity contribution in [3.63, 3.8) is 0 Å². The molecule has 0 aromatic heterocycles. The Bertz CT molecular complexity index is 745. The molecule has 0 atom stereocenters. The second kappa shape index (κ2) is 12.2. The smallest absolute Gasteiger partial charge is 0.165 e.